The third kappa shape index (κ3) is 3.34. The third-order valence-corrected chi connectivity index (χ3v) is 3.77. The van der Waals surface area contributed by atoms with Crippen molar-refractivity contribution in [3.8, 4) is 0 Å². The molecule has 0 bridgehead atoms. The number of nitrogens with zero attached hydrogens (tertiary/aromatic N) is 1. The molecule has 2 rings (SSSR count). The standard InChI is InChI=1S/C14H12FNO3S/c1-9(17)10-2-7-14(13(15)8-10)20-12-5-3-11(4-6-12)16(18)19/h2-9,17H,1H3/t9-/m1/s1. The Balaban J connectivity index is 2.19. The normalized spacial score (nSPS) is 12.2. The number of hydrogen-bond acceptors (Lipinski definition) is 4. The Bertz CT molecular complexity index is 629. The van der Waals surface area contributed by atoms with E-state index in [0.29, 0.717) is 15.4 Å². The number of halogens is 1. The maximum Gasteiger partial charge on any atom is 0.269 e. The zero-order valence-corrected chi connectivity index (χ0v) is 11.4. The molecule has 0 spiro atoms. The van der Waals surface area contributed by atoms with Crippen molar-refractivity contribution < 1.29 is 14.4 Å². The Kier molecular flexibility index (Phi) is 4.36. The molecule has 0 heterocycles. The minimum Gasteiger partial charge on any atom is -0.389 e. The van der Waals surface area contributed by atoms with Gasteiger partial charge >= 0.3 is 0 Å². The minimum absolute atomic E-state index is 0.000671. The maximum absolute atomic E-state index is 13.9. The summed E-state index contributed by atoms with van der Waals surface area (Å²) >= 11 is 1.18. The molecule has 0 aliphatic carbocycles. The summed E-state index contributed by atoms with van der Waals surface area (Å²) in [7, 11) is 0. The van der Waals surface area contributed by atoms with Crippen molar-refractivity contribution in [2.24, 2.45) is 0 Å². The number of nitro groups is 1. The fourth-order valence-corrected chi connectivity index (χ4v) is 2.44. The number of non-ortho nitro benzene ring substituents is 1. The number of benzene rings is 2. The minimum atomic E-state index is -0.720. The van der Waals surface area contributed by atoms with Crippen molar-refractivity contribution in [3.63, 3.8) is 0 Å². The van der Waals surface area contributed by atoms with Crippen LogP contribution >= 0.6 is 11.8 Å². The van der Waals surface area contributed by atoms with Crippen LogP contribution in [0, 0.1) is 15.9 Å². The van der Waals surface area contributed by atoms with Gasteiger partial charge in [0.15, 0.2) is 0 Å². The lowest BCUT2D eigenvalue weighted by Crippen LogP contribution is -1.93. The number of rotatable bonds is 4. The van der Waals surface area contributed by atoms with E-state index in [4.69, 9.17) is 0 Å². The molecule has 1 N–H and O–H groups in total. The summed E-state index contributed by atoms with van der Waals surface area (Å²) in [5.74, 6) is -0.424. The summed E-state index contributed by atoms with van der Waals surface area (Å²) in [5.41, 5.74) is 0.509. The lowest BCUT2D eigenvalue weighted by Gasteiger charge is -2.08. The van der Waals surface area contributed by atoms with Crippen LogP contribution in [-0.2, 0) is 0 Å². The third-order valence-electron chi connectivity index (χ3n) is 2.71. The van der Waals surface area contributed by atoms with E-state index in [0.717, 1.165) is 0 Å². The smallest absolute Gasteiger partial charge is 0.269 e. The second-order valence-electron chi connectivity index (χ2n) is 4.22. The van der Waals surface area contributed by atoms with Gasteiger partial charge < -0.3 is 5.11 Å². The summed E-state index contributed by atoms with van der Waals surface area (Å²) in [6.45, 7) is 1.57. The van der Waals surface area contributed by atoms with Crippen LogP contribution in [0.3, 0.4) is 0 Å². The number of aliphatic hydroxyl groups is 1. The Morgan fingerprint density at radius 2 is 1.90 bits per heavy atom. The van der Waals surface area contributed by atoms with Crippen LogP contribution in [0.5, 0.6) is 0 Å². The van der Waals surface area contributed by atoms with Gasteiger partial charge in [-0.25, -0.2) is 4.39 Å². The molecule has 6 heteroatoms. The van der Waals surface area contributed by atoms with Gasteiger partial charge in [0.25, 0.3) is 5.69 Å². The van der Waals surface area contributed by atoms with E-state index in [1.54, 1.807) is 31.2 Å². The summed E-state index contributed by atoms with van der Waals surface area (Å²) in [4.78, 5) is 11.2. The van der Waals surface area contributed by atoms with Gasteiger partial charge in [-0.1, -0.05) is 17.8 Å². The van der Waals surface area contributed by atoms with E-state index < -0.39 is 16.8 Å². The van der Waals surface area contributed by atoms with Gasteiger partial charge in [-0.05, 0) is 36.8 Å². The summed E-state index contributed by atoms with van der Waals surface area (Å²) in [5, 5.41) is 19.9. The van der Waals surface area contributed by atoms with Crippen molar-refractivity contribution in [1.29, 1.82) is 0 Å². The zero-order valence-electron chi connectivity index (χ0n) is 10.6. The van der Waals surface area contributed by atoms with Crippen LogP contribution in [0.25, 0.3) is 0 Å². The predicted octanol–water partition coefficient (Wildman–Crippen LogP) is 3.94. The van der Waals surface area contributed by atoms with Gasteiger partial charge in [-0.3, -0.25) is 10.1 Å². The Labute approximate surface area is 119 Å². The molecular formula is C14H12FNO3S. The predicted molar refractivity (Wildman–Crippen MR) is 74.3 cm³/mol. The molecule has 104 valence electrons. The van der Waals surface area contributed by atoms with Crippen molar-refractivity contribution in [2.45, 2.75) is 22.8 Å². The lowest BCUT2D eigenvalue weighted by molar-refractivity contribution is -0.384. The largest absolute Gasteiger partial charge is 0.389 e. The Hall–Kier alpha value is -1.92. The summed E-state index contributed by atoms with van der Waals surface area (Å²) in [6.07, 6.45) is -0.720. The molecular weight excluding hydrogens is 281 g/mol. The van der Waals surface area contributed by atoms with Gasteiger partial charge in [0, 0.05) is 21.9 Å². The van der Waals surface area contributed by atoms with Gasteiger partial charge in [0.1, 0.15) is 5.82 Å². The van der Waals surface area contributed by atoms with Crippen LogP contribution in [0.4, 0.5) is 10.1 Å². The van der Waals surface area contributed by atoms with Crippen LogP contribution in [0.15, 0.2) is 52.3 Å². The van der Waals surface area contributed by atoms with E-state index in [-0.39, 0.29) is 5.69 Å². The molecule has 4 nitrogen and oxygen atoms in total. The Morgan fingerprint density at radius 3 is 2.40 bits per heavy atom. The van der Waals surface area contributed by atoms with E-state index in [9.17, 15) is 19.6 Å². The summed E-state index contributed by atoms with van der Waals surface area (Å²) < 4.78 is 13.9. The first-order valence-corrected chi connectivity index (χ1v) is 6.69. The van der Waals surface area contributed by atoms with Crippen molar-refractivity contribution in [3.05, 3.63) is 64.0 Å². The quantitative estimate of drug-likeness (QED) is 0.685. The van der Waals surface area contributed by atoms with Gasteiger partial charge in [0.05, 0.1) is 11.0 Å². The molecule has 0 unspecified atom stereocenters. The lowest BCUT2D eigenvalue weighted by atomic mass is 10.1. The van der Waals surface area contributed by atoms with Gasteiger partial charge in [-0.15, -0.1) is 0 Å². The molecule has 20 heavy (non-hydrogen) atoms. The SMILES string of the molecule is C[C@@H](O)c1ccc(Sc2ccc([N+](=O)[O-])cc2)c(F)c1. The zero-order chi connectivity index (χ0) is 14.7. The van der Waals surface area contributed by atoms with Gasteiger partial charge in [0.2, 0.25) is 0 Å². The van der Waals surface area contributed by atoms with Crippen LogP contribution in [0.1, 0.15) is 18.6 Å². The fourth-order valence-electron chi connectivity index (χ4n) is 1.62. The average molecular weight is 293 g/mol. The second-order valence-corrected chi connectivity index (χ2v) is 5.33. The number of hydrogen-bond donors (Lipinski definition) is 1. The number of aliphatic hydroxyl groups excluding tert-OH is 1. The fraction of sp³-hybridized carbons (Fsp3) is 0.143. The number of nitro benzene ring substituents is 1. The van der Waals surface area contributed by atoms with Crippen molar-refractivity contribution >= 4 is 17.4 Å². The highest BCUT2D eigenvalue weighted by molar-refractivity contribution is 7.99. The molecule has 0 saturated heterocycles. The van der Waals surface area contributed by atoms with Crippen LogP contribution in [0.2, 0.25) is 0 Å². The molecule has 0 aliphatic heterocycles. The maximum atomic E-state index is 13.9. The highest BCUT2D eigenvalue weighted by Gasteiger charge is 2.10. The van der Waals surface area contributed by atoms with E-state index in [2.05, 4.69) is 0 Å². The van der Waals surface area contributed by atoms with Crippen LogP contribution < -0.4 is 0 Å². The average Bonchev–Trinajstić information content (AvgIpc) is 2.41. The van der Waals surface area contributed by atoms with Crippen molar-refractivity contribution in [1.82, 2.24) is 0 Å². The van der Waals surface area contributed by atoms with E-state index >= 15 is 0 Å². The van der Waals surface area contributed by atoms with Crippen molar-refractivity contribution in [2.75, 3.05) is 0 Å². The summed E-state index contributed by atoms with van der Waals surface area (Å²) in [6, 6.07) is 10.4. The molecule has 0 amide bonds. The molecule has 1 atom stereocenters. The molecule has 0 aromatic heterocycles. The monoisotopic (exact) mass is 293 g/mol. The molecule has 0 aliphatic rings. The van der Waals surface area contributed by atoms with E-state index in [1.807, 2.05) is 0 Å². The van der Waals surface area contributed by atoms with Gasteiger partial charge in [-0.2, -0.15) is 0 Å². The topological polar surface area (TPSA) is 63.4 Å². The van der Waals surface area contributed by atoms with Crippen LogP contribution in [-0.4, -0.2) is 10.0 Å². The van der Waals surface area contributed by atoms with E-state index in [1.165, 1.54) is 30.0 Å². The molecule has 0 fully saturated rings. The molecule has 0 radical (unpaired) electrons. The first-order valence-electron chi connectivity index (χ1n) is 5.87. The first kappa shape index (κ1) is 14.5. The highest BCUT2D eigenvalue weighted by Crippen LogP contribution is 2.32. The molecule has 0 saturated carbocycles. The molecule has 2 aromatic rings. The highest BCUT2D eigenvalue weighted by atomic mass is 32.2. The Morgan fingerprint density at radius 1 is 1.25 bits per heavy atom. The first-order chi connectivity index (χ1) is 9.47. The molecule has 2 aromatic carbocycles. The second kappa shape index (κ2) is 6.02.